The molecular weight excluding hydrogens is 202 g/mol. The van der Waals surface area contributed by atoms with Crippen molar-refractivity contribution in [2.45, 2.75) is 31.7 Å². The third kappa shape index (κ3) is 1.63. The molecule has 0 aliphatic heterocycles. The number of rotatable bonds is 3. The van der Waals surface area contributed by atoms with E-state index in [1.807, 2.05) is 6.07 Å². The Labute approximate surface area is 87.9 Å². The molecule has 1 aromatic heterocycles. The molecular formula is C10H14ClNS. The fourth-order valence-electron chi connectivity index (χ4n) is 1.92. The van der Waals surface area contributed by atoms with Crippen LogP contribution in [-0.4, -0.2) is 0 Å². The fourth-order valence-corrected chi connectivity index (χ4v) is 3.16. The van der Waals surface area contributed by atoms with Crippen molar-refractivity contribution in [3.8, 4) is 0 Å². The predicted molar refractivity (Wildman–Crippen MR) is 58.2 cm³/mol. The second-order valence-corrected chi connectivity index (χ2v) is 5.55. The molecule has 1 saturated carbocycles. The van der Waals surface area contributed by atoms with Gasteiger partial charge < -0.3 is 5.73 Å². The van der Waals surface area contributed by atoms with Crippen molar-refractivity contribution in [3.63, 3.8) is 0 Å². The molecule has 1 nitrogen and oxygen atoms in total. The maximum absolute atomic E-state index is 6.26. The quantitative estimate of drug-likeness (QED) is 0.822. The van der Waals surface area contributed by atoms with Gasteiger partial charge >= 0.3 is 0 Å². The molecule has 1 fully saturated rings. The molecule has 1 aromatic rings. The van der Waals surface area contributed by atoms with Crippen LogP contribution in [0.3, 0.4) is 0 Å². The molecule has 2 rings (SSSR count). The van der Waals surface area contributed by atoms with Crippen LogP contribution >= 0.6 is 22.9 Å². The van der Waals surface area contributed by atoms with Gasteiger partial charge in [-0.1, -0.05) is 24.9 Å². The van der Waals surface area contributed by atoms with Crippen molar-refractivity contribution in [2.24, 2.45) is 11.7 Å². The van der Waals surface area contributed by atoms with E-state index in [0.717, 1.165) is 10.8 Å². The maximum atomic E-state index is 6.26. The summed E-state index contributed by atoms with van der Waals surface area (Å²) in [6.07, 6.45) is 3.60. The summed E-state index contributed by atoms with van der Waals surface area (Å²) in [6.45, 7) is 2.21. The molecule has 2 atom stereocenters. The summed E-state index contributed by atoms with van der Waals surface area (Å²) in [5.74, 6) is 0.687. The highest BCUT2D eigenvalue weighted by Crippen LogP contribution is 2.54. The molecule has 13 heavy (non-hydrogen) atoms. The summed E-state index contributed by atoms with van der Waals surface area (Å²) < 4.78 is 0.849. The Bertz CT molecular complexity index is 310. The summed E-state index contributed by atoms with van der Waals surface area (Å²) >= 11 is 7.51. The van der Waals surface area contributed by atoms with Crippen molar-refractivity contribution >= 4 is 22.9 Å². The lowest BCUT2D eigenvalue weighted by atomic mass is 10.1. The van der Waals surface area contributed by atoms with Gasteiger partial charge in [0.15, 0.2) is 0 Å². The van der Waals surface area contributed by atoms with Crippen LogP contribution in [0.5, 0.6) is 0 Å². The summed E-state index contributed by atoms with van der Waals surface area (Å²) in [5, 5.41) is 0. The first-order valence-corrected chi connectivity index (χ1v) is 5.91. The average molecular weight is 216 g/mol. The molecule has 0 spiro atoms. The van der Waals surface area contributed by atoms with Crippen LogP contribution in [0.15, 0.2) is 12.1 Å². The summed E-state index contributed by atoms with van der Waals surface area (Å²) in [5.41, 5.74) is 6.23. The molecule has 72 valence electrons. The van der Waals surface area contributed by atoms with E-state index in [0.29, 0.717) is 5.92 Å². The monoisotopic (exact) mass is 215 g/mol. The van der Waals surface area contributed by atoms with Gasteiger partial charge in [-0.3, -0.25) is 0 Å². The molecule has 0 aromatic carbocycles. The van der Waals surface area contributed by atoms with E-state index in [9.17, 15) is 0 Å². The standard InChI is InChI=1S/C10H14ClNS/c1-2-3-7-6-10(7,12)8-4-5-9(11)13-8/h4-5,7H,2-3,6,12H2,1H3. The van der Waals surface area contributed by atoms with E-state index in [4.69, 9.17) is 17.3 Å². The molecule has 1 aliphatic rings. The van der Waals surface area contributed by atoms with E-state index >= 15 is 0 Å². The molecule has 1 heterocycles. The van der Waals surface area contributed by atoms with Gasteiger partial charge in [0.2, 0.25) is 0 Å². The number of hydrogen-bond acceptors (Lipinski definition) is 2. The molecule has 0 bridgehead atoms. The molecule has 2 unspecified atom stereocenters. The van der Waals surface area contributed by atoms with E-state index in [2.05, 4.69) is 13.0 Å². The van der Waals surface area contributed by atoms with Crippen LogP contribution in [0.1, 0.15) is 31.1 Å². The third-order valence-electron chi connectivity index (χ3n) is 2.82. The van der Waals surface area contributed by atoms with Gasteiger partial charge in [-0.15, -0.1) is 11.3 Å². The first kappa shape index (κ1) is 9.50. The average Bonchev–Trinajstić information content (AvgIpc) is 2.57. The third-order valence-corrected chi connectivity index (χ3v) is 4.25. The Morgan fingerprint density at radius 1 is 1.69 bits per heavy atom. The van der Waals surface area contributed by atoms with Gasteiger partial charge in [0, 0.05) is 4.88 Å². The van der Waals surface area contributed by atoms with E-state index in [1.54, 1.807) is 11.3 Å². The van der Waals surface area contributed by atoms with E-state index < -0.39 is 0 Å². The zero-order valence-corrected chi connectivity index (χ0v) is 9.29. The smallest absolute Gasteiger partial charge is 0.0931 e. The van der Waals surface area contributed by atoms with Gasteiger partial charge in [-0.05, 0) is 30.9 Å². The van der Waals surface area contributed by atoms with Crippen molar-refractivity contribution in [3.05, 3.63) is 21.3 Å². The minimum atomic E-state index is -0.0339. The number of hydrogen-bond donors (Lipinski definition) is 1. The largest absolute Gasteiger partial charge is 0.320 e. The predicted octanol–water partition coefficient (Wildman–Crippen LogP) is 3.38. The molecule has 0 radical (unpaired) electrons. The van der Waals surface area contributed by atoms with Gasteiger partial charge in [0.25, 0.3) is 0 Å². The highest BCUT2D eigenvalue weighted by atomic mass is 35.5. The second-order valence-electron chi connectivity index (χ2n) is 3.83. The van der Waals surface area contributed by atoms with Gasteiger partial charge in [0.05, 0.1) is 9.88 Å². The van der Waals surface area contributed by atoms with Crippen molar-refractivity contribution < 1.29 is 0 Å². The van der Waals surface area contributed by atoms with Gasteiger partial charge in [-0.25, -0.2) is 0 Å². The summed E-state index contributed by atoms with van der Waals surface area (Å²) in [4.78, 5) is 1.26. The van der Waals surface area contributed by atoms with Crippen LogP contribution < -0.4 is 5.73 Å². The molecule has 3 heteroatoms. The molecule has 0 amide bonds. The second kappa shape index (κ2) is 3.26. The highest BCUT2D eigenvalue weighted by molar-refractivity contribution is 7.16. The van der Waals surface area contributed by atoms with Gasteiger partial charge in [-0.2, -0.15) is 0 Å². The van der Waals surface area contributed by atoms with E-state index in [-0.39, 0.29) is 5.54 Å². The van der Waals surface area contributed by atoms with Crippen LogP contribution in [0.4, 0.5) is 0 Å². The van der Waals surface area contributed by atoms with Crippen LogP contribution in [-0.2, 0) is 5.54 Å². The maximum Gasteiger partial charge on any atom is 0.0931 e. The normalized spacial score (nSPS) is 32.1. The fraction of sp³-hybridized carbons (Fsp3) is 0.600. The summed E-state index contributed by atoms with van der Waals surface area (Å²) in [6, 6.07) is 4.01. The minimum absolute atomic E-state index is 0.0339. The Morgan fingerprint density at radius 2 is 2.46 bits per heavy atom. The summed E-state index contributed by atoms with van der Waals surface area (Å²) in [7, 11) is 0. The van der Waals surface area contributed by atoms with Crippen LogP contribution in [0.25, 0.3) is 0 Å². The highest BCUT2D eigenvalue weighted by Gasteiger charge is 2.52. The van der Waals surface area contributed by atoms with Crippen LogP contribution in [0.2, 0.25) is 4.34 Å². The molecule has 2 N–H and O–H groups in total. The lowest BCUT2D eigenvalue weighted by Gasteiger charge is -2.07. The Hall–Kier alpha value is -0.0500. The number of thiophene rings is 1. The van der Waals surface area contributed by atoms with Crippen molar-refractivity contribution in [2.75, 3.05) is 0 Å². The Morgan fingerprint density at radius 3 is 3.00 bits per heavy atom. The number of nitrogens with two attached hydrogens (primary N) is 1. The Kier molecular flexibility index (Phi) is 2.39. The zero-order valence-electron chi connectivity index (χ0n) is 7.72. The SMILES string of the molecule is CCCC1CC1(N)c1ccc(Cl)s1. The molecule has 0 saturated heterocycles. The molecule has 1 aliphatic carbocycles. The Balaban J connectivity index is 2.11. The van der Waals surface area contributed by atoms with Crippen molar-refractivity contribution in [1.82, 2.24) is 0 Å². The lowest BCUT2D eigenvalue weighted by Crippen LogP contribution is -2.20. The zero-order chi connectivity index (χ0) is 9.47. The van der Waals surface area contributed by atoms with Gasteiger partial charge in [0.1, 0.15) is 0 Å². The first-order valence-electron chi connectivity index (χ1n) is 4.71. The lowest BCUT2D eigenvalue weighted by molar-refractivity contribution is 0.591. The minimum Gasteiger partial charge on any atom is -0.320 e. The topological polar surface area (TPSA) is 26.0 Å². The van der Waals surface area contributed by atoms with Crippen molar-refractivity contribution in [1.29, 1.82) is 0 Å². The first-order chi connectivity index (χ1) is 6.16. The number of halogens is 1. The van der Waals surface area contributed by atoms with Crippen LogP contribution in [0, 0.1) is 5.92 Å². The van der Waals surface area contributed by atoms with E-state index in [1.165, 1.54) is 17.7 Å².